The summed E-state index contributed by atoms with van der Waals surface area (Å²) in [4.78, 5) is 11.6. The Morgan fingerprint density at radius 3 is 2.52 bits per heavy atom. The van der Waals surface area contributed by atoms with Crippen molar-refractivity contribution in [2.45, 2.75) is 36.7 Å². The summed E-state index contributed by atoms with van der Waals surface area (Å²) in [6, 6.07) is 5.93. The molecule has 1 fully saturated rings. The summed E-state index contributed by atoms with van der Waals surface area (Å²) in [7, 11) is -2.03. The Hall–Kier alpha value is -1.44. The van der Waals surface area contributed by atoms with Gasteiger partial charge in [-0.15, -0.1) is 0 Å². The molecule has 3 N–H and O–H groups in total. The van der Waals surface area contributed by atoms with Crippen LogP contribution in [0.1, 0.15) is 30.1 Å². The van der Waals surface area contributed by atoms with Crippen LogP contribution in [0.4, 0.5) is 0 Å². The predicted octanol–water partition coefficient (Wildman–Crippen LogP) is 0.465. The number of sulfonamides is 1. The van der Waals surface area contributed by atoms with Crippen LogP contribution in [0.2, 0.25) is 0 Å². The summed E-state index contributed by atoms with van der Waals surface area (Å²) >= 11 is 0. The Kier molecular flexibility index (Phi) is 4.97. The largest absolute Gasteiger partial charge is 0.355 e. The van der Waals surface area contributed by atoms with Crippen molar-refractivity contribution in [1.29, 1.82) is 0 Å². The van der Waals surface area contributed by atoms with Crippen LogP contribution in [0.15, 0.2) is 29.2 Å². The van der Waals surface area contributed by atoms with Gasteiger partial charge in [-0.2, -0.15) is 0 Å². The van der Waals surface area contributed by atoms with Gasteiger partial charge in [0.15, 0.2) is 0 Å². The molecule has 2 unspecified atom stereocenters. The third-order valence-corrected chi connectivity index (χ3v) is 5.23. The molecule has 1 amide bonds. The van der Waals surface area contributed by atoms with Crippen molar-refractivity contribution in [3.8, 4) is 0 Å². The average Bonchev–Trinajstić information content (AvgIpc) is 2.49. The number of benzene rings is 1. The summed E-state index contributed by atoms with van der Waals surface area (Å²) < 4.78 is 27.4. The van der Waals surface area contributed by atoms with E-state index in [4.69, 9.17) is 0 Å². The second-order valence-corrected chi connectivity index (χ2v) is 6.93. The zero-order valence-corrected chi connectivity index (χ0v) is 13.0. The molecular weight excluding hydrogens is 290 g/mol. The maximum atomic E-state index is 12.4. The van der Waals surface area contributed by atoms with Gasteiger partial charge in [0.25, 0.3) is 5.91 Å². The molecule has 6 nitrogen and oxygen atoms in total. The van der Waals surface area contributed by atoms with Gasteiger partial charge in [0, 0.05) is 24.7 Å². The lowest BCUT2D eigenvalue weighted by Gasteiger charge is -2.30. The maximum absolute atomic E-state index is 12.4. The number of rotatable bonds is 4. The molecule has 1 saturated heterocycles. The topological polar surface area (TPSA) is 87.3 Å². The maximum Gasteiger partial charge on any atom is 0.251 e. The van der Waals surface area contributed by atoms with Crippen molar-refractivity contribution in [2.24, 2.45) is 0 Å². The summed E-state index contributed by atoms with van der Waals surface area (Å²) in [6.45, 7) is 2.89. The number of carbonyl (C=O) groups is 1. The lowest BCUT2D eigenvalue weighted by molar-refractivity contribution is 0.0963. The number of carbonyl (C=O) groups excluding carboxylic acids is 1. The molecule has 1 aliphatic rings. The number of piperidine rings is 1. The van der Waals surface area contributed by atoms with Crippen LogP contribution < -0.4 is 15.4 Å². The second kappa shape index (κ2) is 6.55. The second-order valence-electron chi connectivity index (χ2n) is 5.22. The van der Waals surface area contributed by atoms with Gasteiger partial charge < -0.3 is 10.6 Å². The van der Waals surface area contributed by atoms with E-state index in [0.717, 1.165) is 19.4 Å². The van der Waals surface area contributed by atoms with Crippen LogP contribution in [0.25, 0.3) is 0 Å². The Balaban J connectivity index is 2.13. The highest BCUT2D eigenvalue weighted by Crippen LogP contribution is 2.15. The van der Waals surface area contributed by atoms with E-state index < -0.39 is 10.0 Å². The van der Waals surface area contributed by atoms with E-state index in [2.05, 4.69) is 15.4 Å². The zero-order chi connectivity index (χ0) is 15.5. The highest BCUT2D eigenvalue weighted by molar-refractivity contribution is 7.89. The van der Waals surface area contributed by atoms with Crippen LogP contribution in [0.3, 0.4) is 0 Å². The van der Waals surface area contributed by atoms with E-state index in [-0.39, 0.29) is 22.9 Å². The summed E-state index contributed by atoms with van der Waals surface area (Å²) in [6.07, 6.45) is 1.77. The molecule has 21 heavy (non-hydrogen) atoms. The molecule has 1 heterocycles. The predicted molar refractivity (Wildman–Crippen MR) is 80.6 cm³/mol. The first kappa shape index (κ1) is 15.9. The monoisotopic (exact) mass is 311 g/mol. The van der Waals surface area contributed by atoms with Crippen LogP contribution >= 0.6 is 0 Å². The molecule has 116 valence electrons. The molecule has 0 spiro atoms. The fraction of sp³-hybridized carbons (Fsp3) is 0.500. The van der Waals surface area contributed by atoms with Crippen LogP contribution in [-0.2, 0) is 10.0 Å². The highest BCUT2D eigenvalue weighted by Gasteiger charge is 2.26. The molecule has 0 saturated carbocycles. The van der Waals surface area contributed by atoms with Crippen molar-refractivity contribution in [3.63, 3.8) is 0 Å². The van der Waals surface area contributed by atoms with E-state index in [1.54, 1.807) is 0 Å². The fourth-order valence-corrected chi connectivity index (χ4v) is 3.75. The molecule has 1 aromatic rings. The Labute approximate surface area is 125 Å². The Morgan fingerprint density at radius 1 is 1.29 bits per heavy atom. The first-order valence-corrected chi connectivity index (χ1v) is 8.50. The molecule has 0 aromatic heterocycles. The van der Waals surface area contributed by atoms with Gasteiger partial charge in [0.05, 0.1) is 4.90 Å². The quantitative estimate of drug-likeness (QED) is 0.754. The minimum atomic E-state index is -3.56. The molecular formula is C14H21N3O3S. The van der Waals surface area contributed by atoms with Gasteiger partial charge in [-0.3, -0.25) is 4.79 Å². The van der Waals surface area contributed by atoms with Crippen molar-refractivity contribution >= 4 is 15.9 Å². The van der Waals surface area contributed by atoms with Crippen molar-refractivity contribution < 1.29 is 13.2 Å². The number of amides is 1. The van der Waals surface area contributed by atoms with E-state index in [1.807, 2.05) is 6.92 Å². The Morgan fingerprint density at radius 2 is 1.95 bits per heavy atom. The van der Waals surface area contributed by atoms with Crippen molar-refractivity contribution in [3.05, 3.63) is 29.8 Å². The van der Waals surface area contributed by atoms with Crippen molar-refractivity contribution in [2.75, 3.05) is 13.6 Å². The van der Waals surface area contributed by atoms with Gasteiger partial charge in [0.2, 0.25) is 10.0 Å². The van der Waals surface area contributed by atoms with Gasteiger partial charge >= 0.3 is 0 Å². The smallest absolute Gasteiger partial charge is 0.251 e. The molecule has 0 radical (unpaired) electrons. The first-order valence-electron chi connectivity index (χ1n) is 7.02. The summed E-state index contributed by atoms with van der Waals surface area (Å²) in [5.74, 6) is -0.239. The number of nitrogens with one attached hydrogen (secondary N) is 3. The van der Waals surface area contributed by atoms with Crippen molar-refractivity contribution in [1.82, 2.24) is 15.4 Å². The molecule has 0 aliphatic carbocycles. The van der Waals surface area contributed by atoms with E-state index in [0.29, 0.717) is 5.56 Å². The standard InChI is InChI=1S/C14H21N3O3S/c1-10-13(4-3-9-16-10)17-21(19,20)12-7-5-11(6-8-12)14(18)15-2/h5-8,10,13,16-17H,3-4,9H2,1-2H3,(H,15,18). The van der Waals surface area contributed by atoms with Crippen LogP contribution in [0, 0.1) is 0 Å². The summed E-state index contributed by atoms with van der Waals surface area (Å²) in [5.41, 5.74) is 0.434. The highest BCUT2D eigenvalue weighted by atomic mass is 32.2. The molecule has 1 aliphatic heterocycles. The van der Waals surface area contributed by atoms with Crippen LogP contribution in [0.5, 0.6) is 0 Å². The lowest BCUT2D eigenvalue weighted by Crippen LogP contribution is -2.51. The molecule has 0 bridgehead atoms. The first-order chi connectivity index (χ1) is 9.94. The molecule has 1 aromatic carbocycles. The normalized spacial score (nSPS) is 22.8. The fourth-order valence-electron chi connectivity index (χ4n) is 2.40. The van der Waals surface area contributed by atoms with E-state index in [1.165, 1.54) is 31.3 Å². The van der Waals surface area contributed by atoms with E-state index in [9.17, 15) is 13.2 Å². The number of hydrogen-bond donors (Lipinski definition) is 3. The lowest BCUT2D eigenvalue weighted by atomic mass is 10.0. The zero-order valence-electron chi connectivity index (χ0n) is 12.2. The third kappa shape index (κ3) is 3.81. The molecule has 2 rings (SSSR count). The van der Waals surface area contributed by atoms with Gasteiger partial charge in [-0.25, -0.2) is 13.1 Å². The molecule has 7 heteroatoms. The van der Waals surface area contributed by atoms with E-state index >= 15 is 0 Å². The number of hydrogen-bond acceptors (Lipinski definition) is 4. The minimum Gasteiger partial charge on any atom is -0.355 e. The van der Waals surface area contributed by atoms with Gasteiger partial charge in [-0.05, 0) is 50.6 Å². The van der Waals surface area contributed by atoms with Crippen LogP contribution in [-0.4, -0.2) is 40.0 Å². The minimum absolute atomic E-state index is 0.109. The Bertz CT molecular complexity index is 598. The van der Waals surface area contributed by atoms with Gasteiger partial charge in [-0.1, -0.05) is 0 Å². The average molecular weight is 311 g/mol. The third-order valence-electron chi connectivity index (χ3n) is 3.72. The molecule has 2 atom stereocenters. The van der Waals surface area contributed by atoms with Gasteiger partial charge in [0.1, 0.15) is 0 Å². The summed E-state index contributed by atoms with van der Waals surface area (Å²) in [5, 5.41) is 5.76. The SMILES string of the molecule is CNC(=O)c1ccc(S(=O)(=O)NC2CCCNC2C)cc1.